The molecule has 2 rings (SSSR count). The van der Waals surface area contributed by atoms with Crippen LogP contribution >= 0.6 is 0 Å². The van der Waals surface area contributed by atoms with E-state index in [4.69, 9.17) is 4.42 Å². The summed E-state index contributed by atoms with van der Waals surface area (Å²) in [6.45, 7) is 1.26. The molecule has 1 atom stereocenters. The van der Waals surface area contributed by atoms with Gasteiger partial charge in [-0.25, -0.2) is 0 Å². The number of aromatic nitrogens is 2. The first-order valence-electron chi connectivity index (χ1n) is 5.31. The first kappa shape index (κ1) is 10.9. The average molecular weight is 225 g/mol. The Bertz CT molecular complexity index is 365. The molecule has 1 amide bonds. The molecule has 1 aliphatic heterocycles. The summed E-state index contributed by atoms with van der Waals surface area (Å²) >= 11 is 0. The second-order valence-electron chi connectivity index (χ2n) is 3.66. The fourth-order valence-corrected chi connectivity index (χ4v) is 1.59. The lowest BCUT2D eigenvalue weighted by molar-refractivity contribution is -0.123. The Balaban J connectivity index is 1.94. The molecule has 0 radical (unpaired) electrons. The second kappa shape index (κ2) is 4.93. The van der Waals surface area contributed by atoms with Gasteiger partial charge in [-0.05, 0) is 19.9 Å². The molecule has 0 saturated carbocycles. The van der Waals surface area contributed by atoms with Gasteiger partial charge in [0.1, 0.15) is 6.04 Å². The van der Waals surface area contributed by atoms with Crippen molar-refractivity contribution in [3.63, 3.8) is 0 Å². The number of rotatable bonds is 4. The number of hydrogen-bond acceptors (Lipinski definition) is 6. The molecule has 1 aromatic rings. The number of hydrogen-bond donors (Lipinski definition) is 3. The largest absolute Gasteiger partial charge is 0.407 e. The molecule has 0 aromatic carbocycles. The Morgan fingerprint density at radius 3 is 3.19 bits per heavy atom. The summed E-state index contributed by atoms with van der Waals surface area (Å²) in [5.74, 6) is 0.487. The molecule has 2 heterocycles. The molecule has 1 unspecified atom stereocenters. The van der Waals surface area contributed by atoms with E-state index in [0.29, 0.717) is 18.5 Å². The molecule has 88 valence electrons. The van der Waals surface area contributed by atoms with Gasteiger partial charge in [0.25, 0.3) is 0 Å². The van der Waals surface area contributed by atoms with Gasteiger partial charge < -0.3 is 20.4 Å². The van der Waals surface area contributed by atoms with Crippen LogP contribution in [0.3, 0.4) is 0 Å². The Labute approximate surface area is 93.0 Å². The van der Waals surface area contributed by atoms with Crippen LogP contribution in [0.2, 0.25) is 0 Å². The number of carbonyl (C=O) groups is 1. The highest BCUT2D eigenvalue weighted by atomic mass is 16.4. The number of amides is 1. The molecular formula is C9H15N5O2. The maximum absolute atomic E-state index is 11.5. The molecule has 1 aromatic heterocycles. The van der Waals surface area contributed by atoms with Crippen LogP contribution in [-0.4, -0.2) is 35.7 Å². The number of nitrogens with one attached hydrogen (secondary N) is 3. The summed E-state index contributed by atoms with van der Waals surface area (Å²) in [6.07, 6.45) is 1.75. The highest BCUT2D eigenvalue weighted by Gasteiger charge is 2.23. The standard InChI is InChI=1S/C9H15N5O2/c1-10-5-7-13-14-9(16-7)12-6-3-2-4-11-8(6)15/h6,10H,2-5H2,1H3,(H,11,15)(H,12,14). The monoisotopic (exact) mass is 225 g/mol. The van der Waals surface area contributed by atoms with Gasteiger partial charge in [0, 0.05) is 6.54 Å². The minimum Gasteiger partial charge on any atom is -0.407 e. The topological polar surface area (TPSA) is 92.1 Å². The van der Waals surface area contributed by atoms with Gasteiger partial charge in [-0.15, -0.1) is 5.10 Å². The fourth-order valence-electron chi connectivity index (χ4n) is 1.59. The number of carbonyl (C=O) groups excluding carboxylic acids is 1. The van der Waals surface area contributed by atoms with Crippen LogP contribution in [0.5, 0.6) is 0 Å². The molecule has 0 aliphatic carbocycles. The molecule has 7 nitrogen and oxygen atoms in total. The highest BCUT2D eigenvalue weighted by molar-refractivity contribution is 5.84. The van der Waals surface area contributed by atoms with E-state index >= 15 is 0 Å². The molecule has 1 saturated heterocycles. The van der Waals surface area contributed by atoms with Crippen molar-refractivity contribution in [2.24, 2.45) is 0 Å². The van der Waals surface area contributed by atoms with Crippen molar-refractivity contribution >= 4 is 11.9 Å². The van der Waals surface area contributed by atoms with Crippen molar-refractivity contribution in [1.29, 1.82) is 0 Å². The zero-order valence-corrected chi connectivity index (χ0v) is 9.12. The van der Waals surface area contributed by atoms with Crippen molar-refractivity contribution in [2.75, 3.05) is 18.9 Å². The van der Waals surface area contributed by atoms with Gasteiger partial charge in [0.15, 0.2) is 0 Å². The fraction of sp³-hybridized carbons (Fsp3) is 0.667. The van der Waals surface area contributed by atoms with Crippen molar-refractivity contribution in [3.05, 3.63) is 5.89 Å². The van der Waals surface area contributed by atoms with Crippen molar-refractivity contribution in [2.45, 2.75) is 25.4 Å². The Kier molecular flexibility index (Phi) is 3.35. The molecule has 1 aliphatic rings. The van der Waals surface area contributed by atoms with Crippen LogP contribution in [0.1, 0.15) is 18.7 Å². The minimum absolute atomic E-state index is 0.0142. The van der Waals surface area contributed by atoms with Gasteiger partial charge in [0.05, 0.1) is 6.54 Å². The Morgan fingerprint density at radius 1 is 1.56 bits per heavy atom. The van der Waals surface area contributed by atoms with Crippen LogP contribution in [0.25, 0.3) is 0 Å². The van der Waals surface area contributed by atoms with E-state index in [1.807, 2.05) is 0 Å². The van der Waals surface area contributed by atoms with Gasteiger partial charge >= 0.3 is 6.01 Å². The lowest BCUT2D eigenvalue weighted by Gasteiger charge is -2.21. The SMILES string of the molecule is CNCc1nnc(NC2CCCNC2=O)o1. The molecule has 7 heteroatoms. The van der Waals surface area contributed by atoms with Crippen molar-refractivity contribution < 1.29 is 9.21 Å². The van der Waals surface area contributed by atoms with E-state index in [2.05, 4.69) is 26.1 Å². The molecule has 3 N–H and O–H groups in total. The van der Waals surface area contributed by atoms with Crippen molar-refractivity contribution in [3.8, 4) is 0 Å². The van der Waals surface area contributed by atoms with Crippen LogP contribution in [0.15, 0.2) is 4.42 Å². The molecule has 0 spiro atoms. The van der Waals surface area contributed by atoms with E-state index in [-0.39, 0.29) is 11.9 Å². The maximum Gasteiger partial charge on any atom is 0.316 e. The van der Waals surface area contributed by atoms with Gasteiger partial charge in [-0.3, -0.25) is 4.79 Å². The summed E-state index contributed by atoms with van der Waals surface area (Å²) in [4.78, 5) is 11.5. The Morgan fingerprint density at radius 2 is 2.44 bits per heavy atom. The zero-order chi connectivity index (χ0) is 11.4. The normalized spacial score (nSPS) is 20.6. The van der Waals surface area contributed by atoms with Crippen LogP contribution in [-0.2, 0) is 11.3 Å². The third-order valence-corrected chi connectivity index (χ3v) is 2.38. The van der Waals surface area contributed by atoms with E-state index in [1.54, 1.807) is 7.05 Å². The first-order valence-corrected chi connectivity index (χ1v) is 5.31. The van der Waals surface area contributed by atoms with E-state index in [1.165, 1.54) is 0 Å². The highest BCUT2D eigenvalue weighted by Crippen LogP contribution is 2.11. The van der Waals surface area contributed by atoms with Gasteiger partial charge in [-0.2, -0.15) is 0 Å². The summed E-state index contributed by atoms with van der Waals surface area (Å²) in [6, 6.07) is 0.0314. The average Bonchev–Trinajstić information content (AvgIpc) is 2.70. The summed E-state index contributed by atoms with van der Waals surface area (Å²) in [5, 5.41) is 16.3. The van der Waals surface area contributed by atoms with E-state index in [9.17, 15) is 4.79 Å². The predicted octanol–water partition coefficient (Wildman–Crippen LogP) is -0.520. The van der Waals surface area contributed by atoms with Gasteiger partial charge in [0.2, 0.25) is 11.8 Å². The molecular weight excluding hydrogens is 210 g/mol. The van der Waals surface area contributed by atoms with Crippen LogP contribution in [0.4, 0.5) is 6.01 Å². The summed E-state index contributed by atoms with van der Waals surface area (Å²) in [7, 11) is 1.80. The minimum atomic E-state index is -0.267. The summed E-state index contributed by atoms with van der Waals surface area (Å²) in [5.41, 5.74) is 0. The third-order valence-electron chi connectivity index (χ3n) is 2.38. The first-order chi connectivity index (χ1) is 7.79. The van der Waals surface area contributed by atoms with E-state index < -0.39 is 0 Å². The van der Waals surface area contributed by atoms with Crippen LogP contribution < -0.4 is 16.0 Å². The predicted molar refractivity (Wildman–Crippen MR) is 56.7 cm³/mol. The third kappa shape index (κ3) is 2.48. The lowest BCUT2D eigenvalue weighted by atomic mass is 10.1. The number of piperidine rings is 1. The second-order valence-corrected chi connectivity index (χ2v) is 3.66. The smallest absolute Gasteiger partial charge is 0.316 e. The molecule has 0 bridgehead atoms. The zero-order valence-electron chi connectivity index (χ0n) is 9.12. The maximum atomic E-state index is 11.5. The Hall–Kier alpha value is -1.63. The molecule has 16 heavy (non-hydrogen) atoms. The quantitative estimate of drug-likeness (QED) is 0.638. The summed E-state index contributed by atoms with van der Waals surface area (Å²) < 4.78 is 5.30. The van der Waals surface area contributed by atoms with Crippen LogP contribution in [0, 0.1) is 0 Å². The van der Waals surface area contributed by atoms with Crippen molar-refractivity contribution in [1.82, 2.24) is 20.8 Å². The van der Waals surface area contributed by atoms with E-state index in [0.717, 1.165) is 19.4 Å². The van der Waals surface area contributed by atoms with Gasteiger partial charge in [-0.1, -0.05) is 5.10 Å². The number of nitrogens with zero attached hydrogens (tertiary/aromatic N) is 2. The number of anilines is 1. The lowest BCUT2D eigenvalue weighted by Crippen LogP contribution is -2.44. The molecule has 1 fully saturated rings.